The molecule has 0 aliphatic carbocycles. The molecule has 1 aliphatic heterocycles. The molecule has 3 aromatic rings. The Morgan fingerprint density at radius 1 is 1.11 bits per heavy atom. The Balaban J connectivity index is 1.67. The third kappa shape index (κ3) is 3.48. The Labute approximate surface area is 159 Å². The van der Waals surface area contributed by atoms with Gasteiger partial charge in [-0.05, 0) is 69.5 Å². The van der Waals surface area contributed by atoms with Crippen LogP contribution in [0, 0.1) is 20.8 Å². The predicted molar refractivity (Wildman–Crippen MR) is 108 cm³/mol. The van der Waals surface area contributed by atoms with Crippen molar-refractivity contribution in [3.8, 4) is 0 Å². The highest BCUT2D eigenvalue weighted by Crippen LogP contribution is 2.33. The molecule has 2 atom stereocenters. The molecular formula is C22H25N3O2. The molecule has 0 spiro atoms. The summed E-state index contributed by atoms with van der Waals surface area (Å²) in [4.78, 5) is 13.0. The second-order valence-corrected chi connectivity index (χ2v) is 7.59. The van der Waals surface area contributed by atoms with Crippen molar-refractivity contribution in [2.45, 2.75) is 46.2 Å². The normalized spacial score (nSPS) is 19.6. The Morgan fingerprint density at radius 3 is 2.67 bits per heavy atom. The summed E-state index contributed by atoms with van der Waals surface area (Å²) in [5.74, 6) is 0.733. The van der Waals surface area contributed by atoms with Crippen molar-refractivity contribution in [3.05, 3.63) is 64.4 Å². The van der Waals surface area contributed by atoms with Crippen LogP contribution in [-0.2, 0) is 0 Å². The summed E-state index contributed by atoms with van der Waals surface area (Å²) in [6.45, 7) is 8.19. The van der Waals surface area contributed by atoms with Crippen molar-refractivity contribution in [2.75, 3.05) is 5.32 Å². The largest absolute Gasteiger partial charge is 0.461 e. The molecule has 0 bridgehead atoms. The highest BCUT2D eigenvalue weighted by molar-refractivity contribution is 6.07. The van der Waals surface area contributed by atoms with Crippen molar-refractivity contribution in [2.24, 2.45) is 0 Å². The summed E-state index contributed by atoms with van der Waals surface area (Å²) in [5.41, 5.74) is 12.3. The summed E-state index contributed by atoms with van der Waals surface area (Å²) in [6, 6.07) is 12.3. The van der Waals surface area contributed by atoms with Gasteiger partial charge in [0.15, 0.2) is 0 Å². The van der Waals surface area contributed by atoms with Gasteiger partial charge in [-0.1, -0.05) is 17.7 Å². The van der Waals surface area contributed by atoms with Gasteiger partial charge >= 0.3 is 0 Å². The quantitative estimate of drug-likeness (QED) is 0.639. The van der Waals surface area contributed by atoms with Crippen molar-refractivity contribution in [3.63, 3.8) is 0 Å². The van der Waals surface area contributed by atoms with Gasteiger partial charge in [0.1, 0.15) is 11.3 Å². The molecule has 1 fully saturated rings. The molecule has 2 unspecified atom stereocenters. The fourth-order valence-electron chi connectivity index (χ4n) is 3.87. The minimum absolute atomic E-state index is 0.108. The molecule has 5 nitrogen and oxygen atoms in total. The molecule has 3 N–H and O–H groups in total. The number of furan rings is 1. The van der Waals surface area contributed by atoms with Gasteiger partial charge in [0.25, 0.3) is 5.91 Å². The molecular weight excluding hydrogens is 338 g/mol. The van der Waals surface area contributed by atoms with E-state index in [1.165, 1.54) is 5.56 Å². The lowest BCUT2D eigenvalue weighted by atomic mass is 9.95. The molecule has 2 aromatic carbocycles. The van der Waals surface area contributed by atoms with Gasteiger partial charge < -0.3 is 9.73 Å². The maximum absolute atomic E-state index is 13.0. The fraction of sp³-hybridized carbons (Fsp3) is 0.318. The highest BCUT2D eigenvalue weighted by atomic mass is 16.3. The number of benzene rings is 2. The zero-order valence-corrected chi connectivity index (χ0v) is 16.1. The van der Waals surface area contributed by atoms with E-state index in [-0.39, 0.29) is 11.9 Å². The van der Waals surface area contributed by atoms with E-state index in [1.54, 1.807) is 6.07 Å². The Hall–Kier alpha value is -2.63. The summed E-state index contributed by atoms with van der Waals surface area (Å²) in [7, 11) is 0. The number of amides is 1. The van der Waals surface area contributed by atoms with Crippen molar-refractivity contribution in [1.82, 2.24) is 10.9 Å². The summed E-state index contributed by atoms with van der Waals surface area (Å²) in [6.07, 6.45) is 0.978. The number of hydrazine groups is 1. The smallest absolute Gasteiger partial charge is 0.255 e. The highest BCUT2D eigenvalue weighted by Gasteiger charge is 2.25. The maximum Gasteiger partial charge on any atom is 0.255 e. The van der Waals surface area contributed by atoms with Gasteiger partial charge in [-0.2, -0.15) is 0 Å². The van der Waals surface area contributed by atoms with Crippen LogP contribution in [0.25, 0.3) is 11.0 Å². The van der Waals surface area contributed by atoms with Gasteiger partial charge in [-0.3, -0.25) is 10.2 Å². The number of aryl methyl sites for hydroxylation is 3. The van der Waals surface area contributed by atoms with Gasteiger partial charge in [0.2, 0.25) is 0 Å². The molecule has 1 amide bonds. The van der Waals surface area contributed by atoms with E-state index in [0.29, 0.717) is 11.6 Å². The van der Waals surface area contributed by atoms with E-state index in [9.17, 15) is 4.79 Å². The third-order valence-corrected chi connectivity index (χ3v) is 5.12. The van der Waals surface area contributed by atoms with Crippen LogP contribution >= 0.6 is 0 Å². The molecule has 4 rings (SSSR count). The number of fused-ring (bicyclic) bond motifs is 1. The van der Waals surface area contributed by atoms with E-state index < -0.39 is 0 Å². The van der Waals surface area contributed by atoms with Gasteiger partial charge in [-0.15, -0.1) is 0 Å². The van der Waals surface area contributed by atoms with E-state index in [1.807, 2.05) is 32.0 Å². The molecule has 27 heavy (non-hydrogen) atoms. The lowest BCUT2D eigenvalue weighted by molar-refractivity contribution is 0.102. The molecule has 1 aliphatic rings. The van der Waals surface area contributed by atoms with E-state index >= 15 is 0 Å². The molecule has 5 heteroatoms. The molecule has 0 radical (unpaired) electrons. The third-order valence-electron chi connectivity index (χ3n) is 5.12. The minimum Gasteiger partial charge on any atom is -0.461 e. The predicted octanol–water partition coefficient (Wildman–Crippen LogP) is 4.54. The summed E-state index contributed by atoms with van der Waals surface area (Å²) >= 11 is 0. The Morgan fingerprint density at radius 2 is 1.93 bits per heavy atom. The second kappa shape index (κ2) is 6.83. The first kappa shape index (κ1) is 17.8. The van der Waals surface area contributed by atoms with E-state index in [4.69, 9.17) is 4.42 Å². The lowest BCUT2D eigenvalue weighted by Gasteiger charge is -2.19. The number of anilines is 1. The van der Waals surface area contributed by atoms with Crippen LogP contribution in [0.15, 0.2) is 40.8 Å². The first-order valence-corrected chi connectivity index (χ1v) is 9.34. The number of hydrogen-bond donors (Lipinski definition) is 3. The number of carbonyl (C=O) groups is 1. The van der Waals surface area contributed by atoms with Gasteiger partial charge in [-0.25, -0.2) is 5.43 Å². The van der Waals surface area contributed by atoms with Crippen molar-refractivity contribution in [1.29, 1.82) is 0 Å². The second-order valence-electron chi connectivity index (χ2n) is 7.59. The Kier molecular flexibility index (Phi) is 4.50. The molecule has 1 saturated heterocycles. The molecule has 2 heterocycles. The van der Waals surface area contributed by atoms with Crippen molar-refractivity contribution >= 4 is 22.6 Å². The van der Waals surface area contributed by atoms with Crippen LogP contribution in [0.5, 0.6) is 0 Å². The summed E-state index contributed by atoms with van der Waals surface area (Å²) < 4.78 is 5.60. The maximum atomic E-state index is 13.0. The first-order valence-electron chi connectivity index (χ1n) is 9.34. The number of hydrogen-bond acceptors (Lipinski definition) is 4. The molecule has 0 saturated carbocycles. The molecule has 140 valence electrons. The molecule has 1 aromatic heterocycles. The van der Waals surface area contributed by atoms with Crippen LogP contribution in [0.4, 0.5) is 5.69 Å². The lowest BCUT2D eigenvalue weighted by Crippen LogP contribution is -2.29. The van der Waals surface area contributed by atoms with Crippen LogP contribution in [0.2, 0.25) is 0 Å². The summed E-state index contributed by atoms with van der Waals surface area (Å²) in [5, 5.41) is 4.09. The standard InChI is InChI=1S/C22H25N3O2/c1-12-7-13(2)21(18(8-12)19-9-14(3)24-25-19)23-22(26)16-5-6-20-17(11-16)10-15(4)27-20/h5-8,10-11,14,19,24-25H,9H2,1-4H3,(H,23,26). The van der Waals surface area contributed by atoms with Gasteiger partial charge in [0.05, 0.1) is 0 Å². The zero-order chi connectivity index (χ0) is 19.1. The van der Waals surface area contributed by atoms with Crippen molar-refractivity contribution < 1.29 is 9.21 Å². The van der Waals surface area contributed by atoms with Gasteiger partial charge in [0, 0.05) is 28.7 Å². The Bertz CT molecular complexity index is 1020. The van der Waals surface area contributed by atoms with E-state index in [2.05, 4.69) is 42.1 Å². The number of rotatable bonds is 3. The number of carbonyl (C=O) groups excluding carboxylic acids is 1. The van der Waals surface area contributed by atoms with Crippen LogP contribution in [-0.4, -0.2) is 11.9 Å². The SMILES string of the molecule is Cc1cc(C)c(NC(=O)c2ccc3oc(C)cc3c2)c(C2CC(C)NN2)c1. The van der Waals surface area contributed by atoms with Crippen LogP contribution in [0.3, 0.4) is 0 Å². The fourth-order valence-corrected chi connectivity index (χ4v) is 3.87. The average Bonchev–Trinajstić information content (AvgIpc) is 3.20. The average molecular weight is 363 g/mol. The van der Waals surface area contributed by atoms with Crippen LogP contribution < -0.4 is 16.2 Å². The topological polar surface area (TPSA) is 66.3 Å². The van der Waals surface area contributed by atoms with E-state index in [0.717, 1.165) is 40.0 Å². The monoisotopic (exact) mass is 363 g/mol. The minimum atomic E-state index is -0.108. The van der Waals surface area contributed by atoms with Crippen LogP contribution in [0.1, 0.15) is 52.2 Å². The zero-order valence-electron chi connectivity index (χ0n) is 16.1. The first-order chi connectivity index (χ1) is 12.9. The number of nitrogens with one attached hydrogen (secondary N) is 3.